The second-order valence-electron chi connectivity index (χ2n) is 2.80. The largest absolute Gasteiger partial charge is 0.451 e. The van der Waals surface area contributed by atoms with Gasteiger partial charge in [0.2, 0.25) is 11.0 Å². The van der Waals surface area contributed by atoms with Crippen LogP contribution in [0.2, 0.25) is 0 Å². The van der Waals surface area contributed by atoms with Crippen molar-refractivity contribution >= 4 is 11.8 Å². The van der Waals surface area contributed by atoms with E-state index in [-0.39, 0.29) is 10.4 Å². The Bertz CT molecular complexity index is 297. The molecule has 7 heteroatoms. The third kappa shape index (κ3) is 2.90. The van der Waals surface area contributed by atoms with Gasteiger partial charge in [0.1, 0.15) is 0 Å². The van der Waals surface area contributed by atoms with Crippen molar-refractivity contribution in [3.63, 3.8) is 0 Å². The van der Waals surface area contributed by atoms with Crippen LogP contribution in [0.5, 0.6) is 0 Å². The highest BCUT2D eigenvalue weighted by molar-refractivity contribution is 7.99. The first-order valence-electron chi connectivity index (χ1n) is 4.09. The van der Waals surface area contributed by atoms with Gasteiger partial charge in [-0.05, 0) is 6.42 Å². The molecule has 3 nitrogen and oxygen atoms in total. The zero-order valence-electron chi connectivity index (χ0n) is 7.72. The van der Waals surface area contributed by atoms with E-state index in [0.717, 1.165) is 6.42 Å². The van der Waals surface area contributed by atoms with Crippen molar-refractivity contribution in [3.05, 3.63) is 5.82 Å². The molecule has 1 rings (SSSR count). The summed E-state index contributed by atoms with van der Waals surface area (Å²) in [6, 6.07) is 0. The minimum atomic E-state index is -4.44. The summed E-state index contributed by atoms with van der Waals surface area (Å²) in [6.45, 7) is 3.86. The molecule has 80 valence electrons. The summed E-state index contributed by atoms with van der Waals surface area (Å²) < 4.78 is 36.2. The molecule has 0 amide bonds. The lowest BCUT2D eigenvalue weighted by Crippen LogP contribution is -2.07. The SMILES string of the molecule is CCC(C)Sc1n[nH]c(C(F)(F)F)n1. The molecule has 0 aliphatic rings. The Labute approximate surface area is 83.5 Å². The Morgan fingerprint density at radius 3 is 2.57 bits per heavy atom. The van der Waals surface area contributed by atoms with Crippen LogP contribution in [-0.4, -0.2) is 20.4 Å². The molecule has 0 aliphatic carbocycles. The highest BCUT2D eigenvalue weighted by Gasteiger charge is 2.35. The topological polar surface area (TPSA) is 41.6 Å². The first kappa shape index (κ1) is 11.4. The number of halogens is 3. The van der Waals surface area contributed by atoms with Crippen LogP contribution >= 0.6 is 11.8 Å². The maximum Gasteiger partial charge on any atom is 0.451 e. The fourth-order valence-corrected chi connectivity index (χ4v) is 1.46. The van der Waals surface area contributed by atoms with Crippen molar-refractivity contribution < 1.29 is 13.2 Å². The molecule has 0 saturated carbocycles. The number of hydrogen-bond donors (Lipinski definition) is 1. The number of H-pyrrole nitrogens is 1. The van der Waals surface area contributed by atoms with E-state index in [2.05, 4.69) is 10.1 Å². The second kappa shape index (κ2) is 4.20. The fourth-order valence-electron chi connectivity index (χ4n) is 0.689. The summed E-state index contributed by atoms with van der Waals surface area (Å²) in [5, 5.41) is 5.71. The summed E-state index contributed by atoms with van der Waals surface area (Å²) in [7, 11) is 0. The van der Waals surface area contributed by atoms with Crippen molar-refractivity contribution in [2.45, 2.75) is 36.9 Å². The zero-order chi connectivity index (χ0) is 10.8. The van der Waals surface area contributed by atoms with E-state index < -0.39 is 12.0 Å². The van der Waals surface area contributed by atoms with Gasteiger partial charge in [0.05, 0.1) is 0 Å². The number of rotatable bonds is 3. The molecule has 0 aliphatic heterocycles. The van der Waals surface area contributed by atoms with Gasteiger partial charge in [0.15, 0.2) is 0 Å². The number of aromatic amines is 1. The molecule has 1 aromatic heterocycles. The van der Waals surface area contributed by atoms with Crippen LogP contribution < -0.4 is 0 Å². The highest BCUT2D eigenvalue weighted by atomic mass is 32.2. The van der Waals surface area contributed by atoms with Crippen LogP contribution in [0, 0.1) is 0 Å². The first-order valence-corrected chi connectivity index (χ1v) is 4.97. The minimum absolute atomic E-state index is 0.145. The van der Waals surface area contributed by atoms with Gasteiger partial charge >= 0.3 is 6.18 Å². The van der Waals surface area contributed by atoms with Crippen molar-refractivity contribution in [1.29, 1.82) is 0 Å². The van der Waals surface area contributed by atoms with Crippen molar-refractivity contribution in [2.24, 2.45) is 0 Å². The van der Waals surface area contributed by atoms with Crippen molar-refractivity contribution in [1.82, 2.24) is 15.2 Å². The molecule has 1 aromatic rings. The fraction of sp³-hybridized carbons (Fsp3) is 0.714. The molecule has 0 saturated heterocycles. The highest BCUT2D eigenvalue weighted by Crippen LogP contribution is 2.28. The van der Waals surface area contributed by atoms with Gasteiger partial charge in [-0.3, -0.25) is 5.10 Å². The maximum absolute atomic E-state index is 12.1. The van der Waals surface area contributed by atoms with Gasteiger partial charge in [-0.15, -0.1) is 5.10 Å². The monoisotopic (exact) mass is 225 g/mol. The normalized spacial score (nSPS) is 14.4. The number of nitrogens with one attached hydrogen (secondary N) is 1. The van der Waals surface area contributed by atoms with Crippen LogP contribution in [-0.2, 0) is 6.18 Å². The molecular formula is C7H10F3N3S. The molecular weight excluding hydrogens is 215 g/mol. The Balaban J connectivity index is 2.69. The number of hydrogen-bond acceptors (Lipinski definition) is 3. The average molecular weight is 225 g/mol. The van der Waals surface area contributed by atoms with E-state index in [1.807, 2.05) is 18.9 Å². The summed E-state index contributed by atoms with van der Waals surface area (Å²) >= 11 is 1.23. The number of aromatic nitrogens is 3. The predicted molar refractivity (Wildman–Crippen MR) is 47.0 cm³/mol. The molecule has 0 aromatic carbocycles. The van der Waals surface area contributed by atoms with Crippen LogP contribution in [0.4, 0.5) is 13.2 Å². The summed E-state index contributed by atoms with van der Waals surface area (Å²) in [6.07, 6.45) is -3.58. The van der Waals surface area contributed by atoms with Gasteiger partial charge in [-0.1, -0.05) is 25.6 Å². The second-order valence-corrected chi connectivity index (χ2v) is 4.21. The van der Waals surface area contributed by atoms with Gasteiger partial charge in [0.25, 0.3) is 0 Å². The van der Waals surface area contributed by atoms with Gasteiger partial charge in [-0.25, -0.2) is 0 Å². The quantitative estimate of drug-likeness (QED) is 0.804. The van der Waals surface area contributed by atoms with Crippen LogP contribution in [0.1, 0.15) is 26.1 Å². The summed E-state index contributed by atoms with van der Waals surface area (Å²) in [4.78, 5) is 3.34. The summed E-state index contributed by atoms with van der Waals surface area (Å²) in [5.41, 5.74) is 0. The Hall–Kier alpha value is -0.720. The van der Waals surface area contributed by atoms with Gasteiger partial charge in [0, 0.05) is 5.25 Å². The third-order valence-corrected chi connectivity index (χ3v) is 2.74. The van der Waals surface area contributed by atoms with Gasteiger partial charge < -0.3 is 0 Å². The zero-order valence-corrected chi connectivity index (χ0v) is 8.54. The molecule has 0 bridgehead atoms. The molecule has 1 N–H and O–H groups in total. The lowest BCUT2D eigenvalue weighted by molar-refractivity contribution is -0.144. The lowest BCUT2D eigenvalue weighted by Gasteiger charge is -2.02. The Kier molecular flexibility index (Phi) is 3.41. The van der Waals surface area contributed by atoms with E-state index in [0.29, 0.717) is 0 Å². The number of alkyl halides is 3. The van der Waals surface area contributed by atoms with Crippen LogP contribution in [0.3, 0.4) is 0 Å². The third-order valence-electron chi connectivity index (χ3n) is 1.61. The van der Waals surface area contributed by atoms with E-state index in [1.165, 1.54) is 11.8 Å². The predicted octanol–water partition coefficient (Wildman–Crippen LogP) is 2.71. The molecule has 14 heavy (non-hydrogen) atoms. The Morgan fingerprint density at radius 2 is 2.14 bits per heavy atom. The van der Waals surface area contributed by atoms with Gasteiger partial charge in [-0.2, -0.15) is 18.2 Å². The standard InChI is InChI=1S/C7H10F3N3S/c1-3-4(2)14-6-11-5(12-13-6)7(8,9)10/h4H,3H2,1-2H3,(H,11,12,13). The molecule has 0 radical (unpaired) electrons. The van der Waals surface area contributed by atoms with Crippen LogP contribution in [0.25, 0.3) is 0 Å². The minimum Gasteiger partial charge on any atom is -0.254 e. The molecule has 1 heterocycles. The van der Waals surface area contributed by atoms with E-state index in [9.17, 15) is 13.2 Å². The Morgan fingerprint density at radius 1 is 1.50 bits per heavy atom. The molecule has 0 spiro atoms. The number of nitrogens with zero attached hydrogens (tertiary/aromatic N) is 2. The van der Waals surface area contributed by atoms with E-state index in [4.69, 9.17) is 0 Å². The number of thioether (sulfide) groups is 1. The first-order chi connectivity index (χ1) is 6.43. The lowest BCUT2D eigenvalue weighted by atomic mass is 10.4. The average Bonchev–Trinajstić information content (AvgIpc) is 2.51. The smallest absolute Gasteiger partial charge is 0.254 e. The van der Waals surface area contributed by atoms with E-state index >= 15 is 0 Å². The van der Waals surface area contributed by atoms with Crippen molar-refractivity contribution in [2.75, 3.05) is 0 Å². The summed E-state index contributed by atoms with van der Waals surface area (Å²) in [5.74, 6) is -1.04. The van der Waals surface area contributed by atoms with Crippen molar-refractivity contribution in [3.8, 4) is 0 Å². The molecule has 1 unspecified atom stereocenters. The van der Waals surface area contributed by atoms with Crippen LogP contribution in [0.15, 0.2) is 5.16 Å². The molecule has 0 fully saturated rings. The molecule has 1 atom stereocenters. The maximum atomic E-state index is 12.1. The van der Waals surface area contributed by atoms with E-state index in [1.54, 1.807) is 0 Å².